The highest BCUT2D eigenvalue weighted by atomic mass is 16.4. The van der Waals surface area contributed by atoms with Crippen LogP contribution < -0.4 is 0 Å². The van der Waals surface area contributed by atoms with Gasteiger partial charge in [-0.1, -0.05) is 23.4 Å². The highest BCUT2D eigenvalue weighted by molar-refractivity contribution is 5.91. The number of oxime groups is 1. The first-order valence-electron chi connectivity index (χ1n) is 6.51. The molecule has 19 heavy (non-hydrogen) atoms. The van der Waals surface area contributed by atoms with E-state index in [9.17, 15) is 0 Å². The number of rotatable bonds is 5. The Balaban J connectivity index is 2.36. The van der Waals surface area contributed by atoms with Gasteiger partial charge < -0.3 is 14.7 Å². The zero-order chi connectivity index (χ0) is 13.8. The van der Waals surface area contributed by atoms with Gasteiger partial charge in [-0.2, -0.15) is 0 Å². The molecule has 2 aromatic rings. The molecule has 0 fully saturated rings. The third-order valence-corrected chi connectivity index (χ3v) is 3.28. The van der Waals surface area contributed by atoms with Gasteiger partial charge in [-0.3, -0.25) is 0 Å². The van der Waals surface area contributed by atoms with Crippen LogP contribution in [0.2, 0.25) is 0 Å². The smallest absolute Gasteiger partial charge is 0.0584 e. The molecule has 0 atom stereocenters. The predicted molar refractivity (Wildman–Crippen MR) is 79.1 cm³/mol. The van der Waals surface area contributed by atoms with Crippen molar-refractivity contribution in [3.05, 3.63) is 36.0 Å². The lowest BCUT2D eigenvalue weighted by Gasteiger charge is -2.10. The highest BCUT2D eigenvalue weighted by Gasteiger charge is 2.09. The molecule has 0 aliphatic carbocycles. The molecule has 0 radical (unpaired) electrons. The Morgan fingerprint density at radius 1 is 1.32 bits per heavy atom. The first-order valence-corrected chi connectivity index (χ1v) is 6.51. The maximum atomic E-state index is 8.83. The summed E-state index contributed by atoms with van der Waals surface area (Å²) >= 11 is 0. The van der Waals surface area contributed by atoms with E-state index in [2.05, 4.69) is 53.1 Å². The van der Waals surface area contributed by atoms with Crippen molar-refractivity contribution in [3.8, 4) is 0 Å². The van der Waals surface area contributed by atoms with Crippen molar-refractivity contribution in [1.29, 1.82) is 0 Å². The number of para-hydroxylation sites is 1. The fourth-order valence-electron chi connectivity index (χ4n) is 2.27. The second-order valence-electron chi connectivity index (χ2n) is 5.18. The molecule has 0 unspecified atom stereocenters. The zero-order valence-electron chi connectivity index (χ0n) is 11.8. The lowest BCUT2D eigenvalue weighted by molar-refractivity contribution is 0.317. The number of fused-ring (bicyclic) bond motifs is 1. The van der Waals surface area contributed by atoms with Crippen molar-refractivity contribution in [2.24, 2.45) is 5.16 Å². The van der Waals surface area contributed by atoms with Gasteiger partial charge in [0.05, 0.1) is 5.71 Å². The molecule has 0 bridgehead atoms. The normalized spacial score (nSPS) is 12.5. The topological polar surface area (TPSA) is 40.8 Å². The molecule has 1 aromatic heterocycles. The zero-order valence-corrected chi connectivity index (χ0v) is 11.8. The van der Waals surface area contributed by atoms with E-state index in [1.807, 2.05) is 13.0 Å². The summed E-state index contributed by atoms with van der Waals surface area (Å²) < 4.78 is 2.27. The number of aromatic nitrogens is 1. The summed E-state index contributed by atoms with van der Waals surface area (Å²) in [5.41, 5.74) is 3.19. The summed E-state index contributed by atoms with van der Waals surface area (Å²) in [6.07, 6.45) is 2.86. The summed E-state index contributed by atoms with van der Waals surface area (Å²) in [7, 11) is 4.16. The quantitative estimate of drug-likeness (QED) is 0.509. The molecule has 1 aromatic carbocycles. The Kier molecular flexibility index (Phi) is 4.22. The van der Waals surface area contributed by atoms with Crippen molar-refractivity contribution in [2.75, 3.05) is 20.6 Å². The Bertz CT molecular complexity index is 584. The molecule has 2 rings (SSSR count). The van der Waals surface area contributed by atoms with Gasteiger partial charge in [0.15, 0.2) is 0 Å². The number of benzene rings is 1. The first-order chi connectivity index (χ1) is 9.11. The maximum absolute atomic E-state index is 8.83. The van der Waals surface area contributed by atoms with Crippen molar-refractivity contribution in [2.45, 2.75) is 19.9 Å². The van der Waals surface area contributed by atoms with E-state index < -0.39 is 0 Å². The first kappa shape index (κ1) is 13.6. The molecule has 0 amide bonds. The lowest BCUT2D eigenvalue weighted by atomic mass is 10.1. The van der Waals surface area contributed by atoms with Gasteiger partial charge in [0, 0.05) is 36.6 Å². The van der Waals surface area contributed by atoms with Crippen molar-refractivity contribution >= 4 is 16.6 Å². The summed E-state index contributed by atoms with van der Waals surface area (Å²) in [6.45, 7) is 3.81. The maximum Gasteiger partial charge on any atom is 0.0584 e. The molecule has 0 saturated heterocycles. The Hall–Kier alpha value is -1.81. The third-order valence-electron chi connectivity index (χ3n) is 3.28. The number of nitrogens with zero attached hydrogens (tertiary/aromatic N) is 3. The molecule has 0 aliphatic rings. The van der Waals surface area contributed by atoms with Crippen LogP contribution in [0.4, 0.5) is 0 Å². The summed E-state index contributed by atoms with van der Waals surface area (Å²) in [5, 5.41) is 13.3. The molecule has 1 N–H and O–H groups in total. The van der Waals surface area contributed by atoms with Crippen LogP contribution in [-0.4, -0.2) is 41.0 Å². The second-order valence-corrected chi connectivity index (χ2v) is 5.18. The number of hydrogen-bond donors (Lipinski definition) is 1. The number of hydrogen-bond acceptors (Lipinski definition) is 3. The van der Waals surface area contributed by atoms with E-state index in [1.54, 1.807) is 0 Å². The van der Waals surface area contributed by atoms with Crippen LogP contribution in [0, 0.1) is 0 Å². The monoisotopic (exact) mass is 259 g/mol. The minimum Gasteiger partial charge on any atom is -0.411 e. The van der Waals surface area contributed by atoms with E-state index in [-0.39, 0.29) is 0 Å². The molecular formula is C15H21N3O. The molecule has 0 aliphatic heterocycles. The van der Waals surface area contributed by atoms with Crippen molar-refractivity contribution in [3.63, 3.8) is 0 Å². The van der Waals surface area contributed by atoms with Crippen LogP contribution in [0.25, 0.3) is 10.9 Å². The average Bonchev–Trinajstić information content (AvgIpc) is 2.75. The largest absolute Gasteiger partial charge is 0.411 e. The van der Waals surface area contributed by atoms with E-state index in [1.165, 1.54) is 16.5 Å². The average molecular weight is 259 g/mol. The van der Waals surface area contributed by atoms with Gasteiger partial charge in [0.2, 0.25) is 0 Å². The minimum absolute atomic E-state index is 0.686. The molecule has 0 saturated carbocycles. The summed E-state index contributed by atoms with van der Waals surface area (Å²) in [6, 6.07) is 8.38. The molecule has 4 nitrogen and oxygen atoms in total. The number of likely N-dealkylation sites (N-methyl/N-ethyl adjacent to an activating group) is 1. The Morgan fingerprint density at radius 3 is 2.74 bits per heavy atom. The van der Waals surface area contributed by atoms with E-state index in [0.29, 0.717) is 6.42 Å². The molecule has 4 heteroatoms. The molecular weight excluding hydrogens is 238 g/mol. The molecule has 0 spiro atoms. The van der Waals surface area contributed by atoms with Crippen molar-refractivity contribution in [1.82, 2.24) is 9.47 Å². The standard InChI is InChI=1S/C15H21N3O/c1-12(16-19)10-13-11-18(9-8-17(2)3)15-7-5-4-6-14(13)15/h4-7,11,19H,8-10H2,1-3H3. The van der Waals surface area contributed by atoms with Gasteiger partial charge in [0.1, 0.15) is 0 Å². The third kappa shape index (κ3) is 3.15. The molecule has 102 valence electrons. The van der Waals surface area contributed by atoms with Gasteiger partial charge in [-0.05, 0) is 32.6 Å². The SMILES string of the molecule is CC(Cc1cn(CCN(C)C)c2ccccc12)=NO. The van der Waals surface area contributed by atoms with Crippen LogP contribution in [0.15, 0.2) is 35.6 Å². The van der Waals surface area contributed by atoms with Crippen molar-refractivity contribution < 1.29 is 5.21 Å². The second kappa shape index (κ2) is 5.89. The van der Waals surface area contributed by atoms with Gasteiger partial charge in [-0.25, -0.2) is 0 Å². The minimum atomic E-state index is 0.686. The van der Waals surface area contributed by atoms with Crippen LogP contribution in [0.3, 0.4) is 0 Å². The summed E-state index contributed by atoms with van der Waals surface area (Å²) in [5.74, 6) is 0. The lowest BCUT2D eigenvalue weighted by Crippen LogP contribution is -2.17. The Labute approximate surface area is 113 Å². The Morgan fingerprint density at radius 2 is 2.05 bits per heavy atom. The van der Waals surface area contributed by atoms with E-state index in [0.717, 1.165) is 18.8 Å². The van der Waals surface area contributed by atoms with Gasteiger partial charge in [-0.15, -0.1) is 0 Å². The van der Waals surface area contributed by atoms with E-state index in [4.69, 9.17) is 5.21 Å². The van der Waals surface area contributed by atoms with Gasteiger partial charge >= 0.3 is 0 Å². The van der Waals surface area contributed by atoms with Crippen LogP contribution >= 0.6 is 0 Å². The van der Waals surface area contributed by atoms with Crippen LogP contribution in [0.1, 0.15) is 12.5 Å². The molecule has 1 heterocycles. The predicted octanol–water partition coefficient (Wildman–Crippen LogP) is 2.60. The van der Waals surface area contributed by atoms with Crippen LogP contribution in [0.5, 0.6) is 0 Å². The van der Waals surface area contributed by atoms with Gasteiger partial charge in [0.25, 0.3) is 0 Å². The fourth-order valence-corrected chi connectivity index (χ4v) is 2.27. The highest BCUT2D eigenvalue weighted by Crippen LogP contribution is 2.22. The van der Waals surface area contributed by atoms with E-state index >= 15 is 0 Å². The summed E-state index contributed by atoms with van der Waals surface area (Å²) in [4.78, 5) is 2.18. The van der Waals surface area contributed by atoms with Crippen LogP contribution in [-0.2, 0) is 13.0 Å². The fraction of sp³-hybridized carbons (Fsp3) is 0.400.